The van der Waals surface area contributed by atoms with Gasteiger partial charge in [-0.1, -0.05) is 24.3 Å². The van der Waals surface area contributed by atoms with Crippen LogP contribution in [0.25, 0.3) is 0 Å². The van der Waals surface area contributed by atoms with Gasteiger partial charge in [0.25, 0.3) is 0 Å². The van der Waals surface area contributed by atoms with Crippen LogP contribution in [0.2, 0.25) is 0 Å². The molecule has 1 aliphatic heterocycles. The first kappa shape index (κ1) is 13.5. The summed E-state index contributed by atoms with van der Waals surface area (Å²) in [5, 5.41) is 3.21. The molecule has 1 aliphatic rings. The molecule has 0 spiro atoms. The summed E-state index contributed by atoms with van der Waals surface area (Å²) in [7, 11) is 1.97. The van der Waals surface area contributed by atoms with Gasteiger partial charge < -0.3 is 14.8 Å². The molecule has 100 valence electrons. The summed E-state index contributed by atoms with van der Waals surface area (Å²) in [6.07, 6.45) is 1.26. The van der Waals surface area contributed by atoms with Crippen molar-refractivity contribution in [2.75, 3.05) is 33.4 Å². The lowest BCUT2D eigenvalue weighted by Crippen LogP contribution is -2.23. The van der Waals surface area contributed by atoms with E-state index in [1.807, 2.05) is 7.05 Å². The Kier molecular flexibility index (Phi) is 5.17. The minimum absolute atomic E-state index is 0.136. The molecule has 3 nitrogen and oxygen atoms in total. The zero-order valence-electron chi connectivity index (χ0n) is 11.3. The second kappa shape index (κ2) is 6.88. The Morgan fingerprint density at radius 3 is 2.94 bits per heavy atom. The van der Waals surface area contributed by atoms with Crippen molar-refractivity contribution >= 4 is 0 Å². The van der Waals surface area contributed by atoms with Crippen LogP contribution in [0.4, 0.5) is 0 Å². The quantitative estimate of drug-likeness (QED) is 0.839. The second-order valence-corrected chi connectivity index (χ2v) is 4.97. The topological polar surface area (TPSA) is 30.5 Å². The molecular weight excluding hydrogens is 226 g/mol. The van der Waals surface area contributed by atoms with Gasteiger partial charge in [-0.15, -0.1) is 0 Å². The van der Waals surface area contributed by atoms with Gasteiger partial charge in [0.2, 0.25) is 0 Å². The van der Waals surface area contributed by atoms with Crippen molar-refractivity contribution in [1.82, 2.24) is 5.32 Å². The van der Waals surface area contributed by atoms with E-state index in [9.17, 15) is 0 Å². The molecule has 1 aromatic carbocycles. The molecule has 1 N–H and O–H groups in total. The average molecular weight is 249 g/mol. The predicted octanol–water partition coefficient (Wildman–Crippen LogP) is 2.31. The molecular formula is C15H23NO2. The van der Waals surface area contributed by atoms with E-state index in [1.165, 1.54) is 11.1 Å². The Bertz CT molecular complexity index is 361. The van der Waals surface area contributed by atoms with Crippen LogP contribution < -0.4 is 5.32 Å². The number of hydrogen-bond acceptors (Lipinski definition) is 3. The third-order valence-electron chi connectivity index (χ3n) is 3.48. The number of benzene rings is 1. The molecule has 2 unspecified atom stereocenters. The summed E-state index contributed by atoms with van der Waals surface area (Å²) >= 11 is 0. The molecule has 0 bridgehead atoms. The maximum absolute atomic E-state index is 6.09. The van der Waals surface area contributed by atoms with E-state index in [1.54, 1.807) is 0 Å². The fourth-order valence-electron chi connectivity index (χ4n) is 2.36. The Hall–Kier alpha value is -0.900. The third-order valence-corrected chi connectivity index (χ3v) is 3.48. The van der Waals surface area contributed by atoms with Crippen LogP contribution in [0, 0.1) is 12.8 Å². The van der Waals surface area contributed by atoms with Crippen LogP contribution in [-0.4, -0.2) is 33.4 Å². The molecule has 0 saturated carbocycles. The van der Waals surface area contributed by atoms with Gasteiger partial charge in [-0.25, -0.2) is 0 Å². The van der Waals surface area contributed by atoms with Gasteiger partial charge in [0, 0.05) is 19.1 Å². The number of likely N-dealkylation sites (N-methyl/N-ethyl adjacent to an activating group) is 1. The zero-order chi connectivity index (χ0) is 12.8. The number of ether oxygens (including phenoxy) is 2. The van der Waals surface area contributed by atoms with Gasteiger partial charge in [0.05, 0.1) is 19.3 Å². The van der Waals surface area contributed by atoms with Crippen LogP contribution in [-0.2, 0) is 9.47 Å². The van der Waals surface area contributed by atoms with Crippen molar-refractivity contribution in [3.63, 3.8) is 0 Å². The largest absolute Gasteiger partial charge is 0.381 e. The molecule has 2 atom stereocenters. The summed E-state index contributed by atoms with van der Waals surface area (Å²) in [5.74, 6) is 0.563. The maximum atomic E-state index is 6.09. The summed E-state index contributed by atoms with van der Waals surface area (Å²) in [6.45, 7) is 5.51. The predicted molar refractivity (Wildman–Crippen MR) is 72.7 cm³/mol. The van der Waals surface area contributed by atoms with E-state index in [4.69, 9.17) is 9.47 Å². The van der Waals surface area contributed by atoms with E-state index in [2.05, 4.69) is 36.5 Å². The highest BCUT2D eigenvalue weighted by molar-refractivity contribution is 5.28. The average Bonchev–Trinajstić information content (AvgIpc) is 2.88. The second-order valence-electron chi connectivity index (χ2n) is 4.97. The van der Waals surface area contributed by atoms with Crippen LogP contribution in [0.1, 0.15) is 23.7 Å². The van der Waals surface area contributed by atoms with Crippen molar-refractivity contribution in [2.45, 2.75) is 19.4 Å². The van der Waals surface area contributed by atoms with E-state index >= 15 is 0 Å². The molecule has 0 radical (unpaired) electrons. The smallest absolute Gasteiger partial charge is 0.0951 e. The molecule has 0 aliphatic carbocycles. The van der Waals surface area contributed by atoms with E-state index in [0.29, 0.717) is 5.92 Å². The molecule has 0 aromatic heterocycles. The van der Waals surface area contributed by atoms with E-state index in [0.717, 1.165) is 32.8 Å². The van der Waals surface area contributed by atoms with Crippen LogP contribution in [0.3, 0.4) is 0 Å². The highest BCUT2D eigenvalue weighted by atomic mass is 16.5. The number of rotatable bonds is 6. The van der Waals surface area contributed by atoms with Crippen molar-refractivity contribution < 1.29 is 9.47 Å². The first-order valence-corrected chi connectivity index (χ1v) is 6.70. The summed E-state index contributed by atoms with van der Waals surface area (Å²) < 4.78 is 11.5. The van der Waals surface area contributed by atoms with Gasteiger partial charge in [0.1, 0.15) is 0 Å². The fourth-order valence-corrected chi connectivity index (χ4v) is 2.36. The van der Waals surface area contributed by atoms with Crippen LogP contribution in [0.15, 0.2) is 24.3 Å². The van der Waals surface area contributed by atoms with Crippen molar-refractivity contribution in [1.29, 1.82) is 0 Å². The standard InChI is InChI=1S/C15H23NO2/c1-12-5-3-4-6-14(12)15(9-16-2)18-11-13-7-8-17-10-13/h3-6,13,15-16H,7-11H2,1-2H3. The molecule has 18 heavy (non-hydrogen) atoms. The van der Waals surface area contributed by atoms with E-state index < -0.39 is 0 Å². The molecule has 1 fully saturated rings. The minimum Gasteiger partial charge on any atom is -0.381 e. The van der Waals surface area contributed by atoms with Crippen LogP contribution in [0.5, 0.6) is 0 Å². The molecule has 0 amide bonds. The number of hydrogen-bond donors (Lipinski definition) is 1. The van der Waals surface area contributed by atoms with Crippen molar-refractivity contribution in [2.24, 2.45) is 5.92 Å². The van der Waals surface area contributed by atoms with Crippen LogP contribution >= 0.6 is 0 Å². The number of aryl methyl sites for hydroxylation is 1. The Balaban J connectivity index is 1.96. The summed E-state index contributed by atoms with van der Waals surface area (Å²) in [6, 6.07) is 8.44. The Morgan fingerprint density at radius 2 is 2.28 bits per heavy atom. The lowest BCUT2D eigenvalue weighted by atomic mass is 10.0. The monoisotopic (exact) mass is 249 g/mol. The van der Waals surface area contributed by atoms with Gasteiger partial charge in [-0.05, 0) is 31.5 Å². The molecule has 2 rings (SSSR count). The maximum Gasteiger partial charge on any atom is 0.0951 e. The fraction of sp³-hybridized carbons (Fsp3) is 0.600. The van der Waals surface area contributed by atoms with Gasteiger partial charge >= 0.3 is 0 Å². The summed E-state index contributed by atoms with van der Waals surface area (Å²) in [5.41, 5.74) is 2.58. The molecule has 1 aromatic rings. The van der Waals surface area contributed by atoms with Gasteiger partial charge in [-0.3, -0.25) is 0 Å². The third kappa shape index (κ3) is 3.55. The Morgan fingerprint density at radius 1 is 1.44 bits per heavy atom. The van der Waals surface area contributed by atoms with Gasteiger partial charge in [-0.2, -0.15) is 0 Å². The number of nitrogens with one attached hydrogen (secondary N) is 1. The zero-order valence-corrected chi connectivity index (χ0v) is 11.3. The minimum atomic E-state index is 0.136. The van der Waals surface area contributed by atoms with Crippen molar-refractivity contribution in [3.8, 4) is 0 Å². The highest BCUT2D eigenvalue weighted by Crippen LogP contribution is 2.23. The highest BCUT2D eigenvalue weighted by Gasteiger charge is 2.19. The lowest BCUT2D eigenvalue weighted by molar-refractivity contribution is 0.0261. The SMILES string of the molecule is CNCC(OCC1CCOC1)c1ccccc1C. The molecule has 1 heterocycles. The first-order valence-electron chi connectivity index (χ1n) is 6.70. The normalized spacial score (nSPS) is 21.1. The molecule has 1 saturated heterocycles. The Labute approximate surface area is 109 Å². The first-order chi connectivity index (χ1) is 8.81. The lowest BCUT2D eigenvalue weighted by Gasteiger charge is -2.21. The molecule has 3 heteroatoms. The van der Waals surface area contributed by atoms with E-state index in [-0.39, 0.29) is 6.10 Å². The summed E-state index contributed by atoms with van der Waals surface area (Å²) in [4.78, 5) is 0. The van der Waals surface area contributed by atoms with Crippen molar-refractivity contribution in [3.05, 3.63) is 35.4 Å². The van der Waals surface area contributed by atoms with Gasteiger partial charge in [0.15, 0.2) is 0 Å².